The first-order valence-electron chi connectivity index (χ1n) is 13.1. The number of nitrogens with one attached hydrogen (secondary N) is 1. The summed E-state index contributed by atoms with van der Waals surface area (Å²) in [5, 5.41) is 4.94. The highest BCUT2D eigenvalue weighted by Gasteiger charge is 2.42. The Bertz CT molecular complexity index is 1430. The summed E-state index contributed by atoms with van der Waals surface area (Å²) in [6.45, 7) is 6.43. The van der Waals surface area contributed by atoms with Gasteiger partial charge in [-0.05, 0) is 92.0 Å². The van der Waals surface area contributed by atoms with Gasteiger partial charge in [0.25, 0.3) is 0 Å². The van der Waals surface area contributed by atoms with Gasteiger partial charge in [0.15, 0.2) is 5.11 Å². The number of rotatable bonds is 5. The van der Waals surface area contributed by atoms with E-state index < -0.39 is 0 Å². The molecule has 8 heteroatoms. The Morgan fingerprint density at radius 2 is 1.84 bits per heavy atom. The number of anilines is 2. The minimum atomic E-state index is -0.159. The van der Waals surface area contributed by atoms with Gasteiger partial charge in [0.2, 0.25) is 0 Å². The molecule has 1 N–H and O–H groups in total. The zero-order chi connectivity index (χ0) is 26.2. The van der Waals surface area contributed by atoms with Crippen molar-refractivity contribution in [1.29, 1.82) is 0 Å². The molecule has 194 valence electrons. The molecular weight excluding hydrogens is 512 g/mol. The molecule has 3 aromatic heterocycles. The van der Waals surface area contributed by atoms with Gasteiger partial charge in [0, 0.05) is 43.1 Å². The standard InChI is InChI=1S/C30H31ClN6S/c1-20-12-16-35(17-13-20)25-10-9-22(18-23(25)31)37-29(28(34-30(37)38)24-6-3-4-14-32-24)26-7-5-15-36(26)27-11-8-21(2)19-33-27/h3-11,14-15,18-20,28-29H,12-13,16-17H2,1-2H3,(H,34,38). The van der Waals surface area contributed by atoms with Crippen LogP contribution in [0.15, 0.2) is 79.3 Å². The maximum absolute atomic E-state index is 6.93. The van der Waals surface area contributed by atoms with E-state index in [0.717, 1.165) is 58.2 Å². The number of piperidine rings is 1. The van der Waals surface area contributed by atoms with Crippen LogP contribution in [0.5, 0.6) is 0 Å². The smallest absolute Gasteiger partial charge is 0.174 e. The molecule has 0 amide bonds. The molecule has 0 spiro atoms. The molecule has 38 heavy (non-hydrogen) atoms. The minimum absolute atomic E-state index is 0.148. The largest absolute Gasteiger partial charge is 0.370 e. The molecule has 0 radical (unpaired) electrons. The SMILES string of the molecule is Cc1ccc(-n2cccc2C2C(c3ccccn3)NC(=S)N2c2ccc(N3CCC(C)CC3)c(Cl)c2)nc1. The summed E-state index contributed by atoms with van der Waals surface area (Å²) in [6.07, 6.45) is 8.15. The van der Waals surface area contributed by atoms with E-state index in [4.69, 9.17) is 28.8 Å². The average Bonchev–Trinajstić information content (AvgIpc) is 3.54. The lowest BCUT2D eigenvalue weighted by atomic mass is 9.98. The molecule has 0 saturated carbocycles. The lowest BCUT2D eigenvalue weighted by Gasteiger charge is -2.33. The summed E-state index contributed by atoms with van der Waals surface area (Å²) < 4.78 is 2.13. The van der Waals surface area contributed by atoms with Crippen molar-refractivity contribution in [3.8, 4) is 5.82 Å². The van der Waals surface area contributed by atoms with Crippen LogP contribution >= 0.6 is 23.8 Å². The van der Waals surface area contributed by atoms with Crippen molar-refractivity contribution in [2.75, 3.05) is 22.9 Å². The zero-order valence-electron chi connectivity index (χ0n) is 21.6. The molecule has 2 atom stereocenters. The number of nitrogens with zero attached hydrogens (tertiary/aromatic N) is 5. The number of hydrogen-bond donors (Lipinski definition) is 1. The predicted octanol–water partition coefficient (Wildman–Crippen LogP) is 6.64. The third kappa shape index (κ3) is 4.65. The first-order valence-corrected chi connectivity index (χ1v) is 13.9. The monoisotopic (exact) mass is 542 g/mol. The van der Waals surface area contributed by atoms with E-state index in [0.29, 0.717) is 5.11 Å². The summed E-state index contributed by atoms with van der Waals surface area (Å²) in [7, 11) is 0. The Kier molecular flexibility index (Phi) is 6.80. The van der Waals surface area contributed by atoms with Gasteiger partial charge in [-0.25, -0.2) is 4.98 Å². The minimum Gasteiger partial charge on any atom is -0.370 e. The maximum atomic E-state index is 6.93. The van der Waals surface area contributed by atoms with Gasteiger partial charge in [-0.3, -0.25) is 4.98 Å². The lowest BCUT2D eigenvalue weighted by molar-refractivity contribution is 0.438. The van der Waals surface area contributed by atoms with Crippen LogP contribution in [0, 0.1) is 12.8 Å². The fourth-order valence-corrected chi connectivity index (χ4v) is 6.17. The molecule has 6 nitrogen and oxygen atoms in total. The molecule has 2 fully saturated rings. The molecule has 2 aliphatic rings. The Hall–Kier alpha value is -3.42. The van der Waals surface area contributed by atoms with Crippen LogP contribution in [-0.4, -0.2) is 32.7 Å². The highest BCUT2D eigenvalue weighted by molar-refractivity contribution is 7.80. The first kappa shape index (κ1) is 24.9. The first-order chi connectivity index (χ1) is 18.5. The lowest BCUT2D eigenvalue weighted by Crippen LogP contribution is -2.33. The summed E-state index contributed by atoms with van der Waals surface area (Å²) in [5.74, 6) is 1.63. The number of thiocarbonyl (C=S) groups is 1. The Morgan fingerprint density at radius 1 is 1.00 bits per heavy atom. The summed E-state index contributed by atoms with van der Waals surface area (Å²) in [6, 6.07) is 20.3. The molecule has 2 saturated heterocycles. The molecule has 0 bridgehead atoms. The van der Waals surface area contributed by atoms with Crippen LogP contribution in [0.1, 0.15) is 48.8 Å². The van der Waals surface area contributed by atoms with Crippen LogP contribution < -0.4 is 15.1 Å². The highest BCUT2D eigenvalue weighted by atomic mass is 35.5. The number of aryl methyl sites for hydroxylation is 1. The van der Waals surface area contributed by atoms with Crippen molar-refractivity contribution in [1.82, 2.24) is 19.9 Å². The average molecular weight is 543 g/mol. The molecule has 1 aromatic carbocycles. The number of hydrogen-bond acceptors (Lipinski definition) is 4. The van der Waals surface area contributed by atoms with Gasteiger partial charge < -0.3 is 19.7 Å². The number of pyridine rings is 2. The van der Waals surface area contributed by atoms with Crippen LogP contribution in [0.4, 0.5) is 11.4 Å². The molecule has 2 aliphatic heterocycles. The number of aromatic nitrogens is 3. The highest BCUT2D eigenvalue weighted by Crippen LogP contribution is 2.44. The van der Waals surface area contributed by atoms with Gasteiger partial charge >= 0.3 is 0 Å². The molecule has 6 rings (SSSR count). The molecule has 0 aliphatic carbocycles. The van der Waals surface area contributed by atoms with E-state index in [1.54, 1.807) is 0 Å². The van der Waals surface area contributed by atoms with E-state index in [2.05, 4.69) is 68.1 Å². The van der Waals surface area contributed by atoms with Crippen LogP contribution in [-0.2, 0) is 0 Å². The number of halogens is 1. The van der Waals surface area contributed by atoms with Gasteiger partial charge in [-0.2, -0.15) is 0 Å². The second kappa shape index (κ2) is 10.4. The van der Waals surface area contributed by atoms with Crippen molar-refractivity contribution in [3.63, 3.8) is 0 Å². The van der Waals surface area contributed by atoms with Gasteiger partial charge in [-0.15, -0.1) is 0 Å². The third-order valence-electron chi connectivity index (χ3n) is 7.66. The normalized spacial score (nSPS) is 20.1. The van der Waals surface area contributed by atoms with E-state index in [9.17, 15) is 0 Å². The zero-order valence-corrected chi connectivity index (χ0v) is 23.2. The summed E-state index contributed by atoms with van der Waals surface area (Å²) in [4.78, 5) is 14.0. The molecule has 2 unspecified atom stereocenters. The predicted molar refractivity (Wildman–Crippen MR) is 158 cm³/mol. The Labute approximate surface area is 234 Å². The molecular formula is C30H31ClN6S. The summed E-state index contributed by atoms with van der Waals surface area (Å²) in [5.41, 5.74) is 5.16. The fourth-order valence-electron chi connectivity index (χ4n) is 5.53. The molecule has 5 heterocycles. The van der Waals surface area contributed by atoms with Crippen LogP contribution in [0.3, 0.4) is 0 Å². The summed E-state index contributed by atoms with van der Waals surface area (Å²) >= 11 is 12.9. The van der Waals surface area contributed by atoms with E-state index in [1.807, 2.05) is 49.6 Å². The second-order valence-corrected chi connectivity index (χ2v) is 11.1. The molecule has 4 aromatic rings. The van der Waals surface area contributed by atoms with Gasteiger partial charge in [-0.1, -0.05) is 30.7 Å². The topological polar surface area (TPSA) is 49.2 Å². The second-order valence-electron chi connectivity index (χ2n) is 10.3. The van der Waals surface area contributed by atoms with E-state index in [1.165, 1.54) is 12.8 Å². The van der Waals surface area contributed by atoms with Crippen molar-refractivity contribution in [2.24, 2.45) is 5.92 Å². The van der Waals surface area contributed by atoms with Gasteiger partial charge in [0.05, 0.1) is 22.4 Å². The van der Waals surface area contributed by atoms with Crippen molar-refractivity contribution in [3.05, 3.63) is 101 Å². The number of benzene rings is 1. The van der Waals surface area contributed by atoms with E-state index >= 15 is 0 Å². The van der Waals surface area contributed by atoms with Gasteiger partial charge in [0.1, 0.15) is 11.9 Å². The van der Waals surface area contributed by atoms with Crippen molar-refractivity contribution in [2.45, 2.75) is 38.8 Å². The van der Waals surface area contributed by atoms with Crippen molar-refractivity contribution < 1.29 is 0 Å². The quantitative estimate of drug-likeness (QED) is 0.285. The third-order valence-corrected chi connectivity index (χ3v) is 8.28. The van der Waals surface area contributed by atoms with Crippen molar-refractivity contribution >= 4 is 40.3 Å². The Balaban J connectivity index is 1.42. The van der Waals surface area contributed by atoms with E-state index in [-0.39, 0.29) is 12.1 Å². The Morgan fingerprint density at radius 3 is 2.55 bits per heavy atom. The van der Waals surface area contributed by atoms with Crippen LogP contribution in [0.2, 0.25) is 5.02 Å². The fraction of sp³-hybridized carbons (Fsp3) is 0.300. The maximum Gasteiger partial charge on any atom is 0.174 e. The van der Waals surface area contributed by atoms with Crippen LogP contribution in [0.25, 0.3) is 5.82 Å².